The molecule has 1 rings (SSSR count). The van der Waals surface area contributed by atoms with Crippen LogP contribution in [0.3, 0.4) is 0 Å². The van der Waals surface area contributed by atoms with Crippen LogP contribution in [0.4, 0.5) is 0 Å². The van der Waals surface area contributed by atoms with Gasteiger partial charge in [-0.15, -0.1) is 0 Å². The molecule has 1 aliphatic rings. The Bertz CT molecular complexity index is 431. The summed E-state index contributed by atoms with van der Waals surface area (Å²) in [5.41, 5.74) is 0. The van der Waals surface area contributed by atoms with E-state index >= 15 is 0 Å². The van der Waals surface area contributed by atoms with Gasteiger partial charge in [0.25, 0.3) is 0 Å². The van der Waals surface area contributed by atoms with Crippen LogP contribution >= 0.6 is 0 Å². The molecule has 9 heteroatoms. The van der Waals surface area contributed by atoms with Crippen LogP contribution in [0.15, 0.2) is 0 Å². The van der Waals surface area contributed by atoms with E-state index in [9.17, 15) is 4.79 Å². The molecule has 202 valence electrons. The minimum Gasteiger partial charge on any atom is -0.463 e. The molecule has 1 unspecified atom stereocenters. The quantitative estimate of drug-likeness (QED) is 0.140. The molecular formula is C25H48O9. The van der Waals surface area contributed by atoms with Gasteiger partial charge in [-0.05, 0) is 25.7 Å². The summed E-state index contributed by atoms with van der Waals surface area (Å²) < 4.78 is 43.4. The Kier molecular flexibility index (Phi) is 23.2. The van der Waals surface area contributed by atoms with Crippen molar-refractivity contribution < 1.29 is 42.7 Å². The molecule has 0 aliphatic carbocycles. The normalized spacial score (nSPS) is 16.1. The van der Waals surface area contributed by atoms with Gasteiger partial charge in [0.2, 0.25) is 0 Å². The van der Waals surface area contributed by atoms with Gasteiger partial charge in [0.1, 0.15) is 6.61 Å². The van der Waals surface area contributed by atoms with E-state index in [2.05, 4.69) is 6.92 Å². The summed E-state index contributed by atoms with van der Waals surface area (Å²) in [6.07, 6.45) is 9.33. The van der Waals surface area contributed by atoms with Gasteiger partial charge in [0.05, 0.1) is 72.7 Å². The van der Waals surface area contributed by atoms with Crippen molar-refractivity contribution in [2.45, 2.75) is 71.0 Å². The van der Waals surface area contributed by atoms with Crippen molar-refractivity contribution in [1.82, 2.24) is 0 Å². The zero-order valence-corrected chi connectivity index (χ0v) is 21.3. The summed E-state index contributed by atoms with van der Waals surface area (Å²) in [6.45, 7) is 8.84. The lowest BCUT2D eigenvalue weighted by atomic mass is 10.1. The average molecular weight is 493 g/mol. The third kappa shape index (κ3) is 21.7. The number of hydrogen-bond acceptors (Lipinski definition) is 9. The highest BCUT2D eigenvalue weighted by molar-refractivity contribution is 5.69. The van der Waals surface area contributed by atoms with Crippen LogP contribution in [0.2, 0.25) is 0 Å². The monoisotopic (exact) mass is 492 g/mol. The zero-order chi connectivity index (χ0) is 24.4. The smallest absolute Gasteiger partial charge is 0.305 e. The van der Waals surface area contributed by atoms with Crippen LogP contribution in [0.1, 0.15) is 64.7 Å². The van der Waals surface area contributed by atoms with Crippen LogP contribution < -0.4 is 0 Å². The Hall–Kier alpha value is -0.810. The van der Waals surface area contributed by atoms with E-state index < -0.39 is 0 Å². The Labute approximate surface area is 206 Å². The summed E-state index contributed by atoms with van der Waals surface area (Å²) in [4.78, 5) is 11.6. The number of unbranched alkanes of at least 4 members (excludes halogenated alkanes) is 4. The van der Waals surface area contributed by atoms with Crippen molar-refractivity contribution in [3.05, 3.63) is 0 Å². The lowest BCUT2D eigenvalue weighted by molar-refractivity contribution is -0.169. The second kappa shape index (κ2) is 25.3. The molecule has 34 heavy (non-hydrogen) atoms. The molecule has 1 heterocycles. The highest BCUT2D eigenvalue weighted by atomic mass is 16.7. The maximum Gasteiger partial charge on any atom is 0.305 e. The Balaban J connectivity index is 1.66. The largest absolute Gasteiger partial charge is 0.463 e. The van der Waals surface area contributed by atoms with Crippen molar-refractivity contribution in [2.24, 2.45) is 0 Å². The summed E-state index contributed by atoms with van der Waals surface area (Å²) in [6, 6.07) is 0. The number of carbonyl (C=O) groups is 1. The van der Waals surface area contributed by atoms with Gasteiger partial charge in [-0.25, -0.2) is 0 Å². The molecule has 0 N–H and O–H groups in total. The van der Waals surface area contributed by atoms with Crippen molar-refractivity contribution in [2.75, 3.05) is 85.9 Å². The fourth-order valence-corrected chi connectivity index (χ4v) is 3.22. The minimum atomic E-state index is -0.139. The third-order valence-corrected chi connectivity index (χ3v) is 5.13. The van der Waals surface area contributed by atoms with E-state index in [-0.39, 0.29) is 12.3 Å². The van der Waals surface area contributed by atoms with Crippen molar-refractivity contribution >= 4 is 5.97 Å². The molecule has 1 aliphatic heterocycles. The molecule has 1 saturated heterocycles. The summed E-state index contributed by atoms with van der Waals surface area (Å²) in [5.74, 6) is -0.139. The number of hydrogen-bond donors (Lipinski definition) is 0. The first-order valence-electron chi connectivity index (χ1n) is 13.1. The van der Waals surface area contributed by atoms with Crippen LogP contribution in [-0.2, 0) is 42.7 Å². The maximum absolute atomic E-state index is 11.6. The van der Waals surface area contributed by atoms with E-state index in [1.54, 1.807) is 0 Å². The maximum atomic E-state index is 11.6. The number of ether oxygens (including phenoxy) is 8. The van der Waals surface area contributed by atoms with Crippen LogP contribution in [-0.4, -0.2) is 98.1 Å². The second-order valence-corrected chi connectivity index (χ2v) is 8.11. The standard InChI is InChI=1S/C25H48O9/c1-2-3-4-5-6-9-24(26)32-22-20-30-18-16-28-14-12-27-13-15-29-17-19-31-21-23-34-25-10-7-8-11-33-25/h25H,2-23H2,1H3. The van der Waals surface area contributed by atoms with Gasteiger partial charge >= 0.3 is 5.97 Å². The molecule has 1 fully saturated rings. The molecule has 1 atom stereocenters. The van der Waals surface area contributed by atoms with Crippen LogP contribution in [0.5, 0.6) is 0 Å². The first-order valence-corrected chi connectivity index (χ1v) is 13.1. The first-order chi connectivity index (χ1) is 16.8. The van der Waals surface area contributed by atoms with E-state index in [4.69, 9.17) is 37.9 Å². The molecule has 0 aromatic heterocycles. The number of rotatable bonds is 25. The van der Waals surface area contributed by atoms with Crippen LogP contribution in [0, 0.1) is 0 Å². The Morgan fingerprint density at radius 1 is 0.676 bits per heavy atom. The Morgan fingerprint density at radius 2 is 1.21 bits per heavy atom. The fourth-order valence-electron chi connectivity index (χ4n) is 3.22. The fraction of sp³-hybridized carbons (Fsp3) is 0.960. The van der Waals surface area contributed by atoms with Crippen LogP contribution in [0.25, 0.3) is 0 Å². The molecule has 9 nitrogen and oxygen atoms in total. The van der Waals surface area contributed by atoms with Gasteiger partial charge in [0.15, 0.2) is 6.29 Å². The van der Waals surface area contributed by atoms with Gasteiger partial charge in [-0.3, -0.25) is 4.79 Å². The number of esters is 1. The van der Waals surface area contributed by atoms with E-state index in [0.717, 1.165) is 32.3 Å². The molecule has 0 amide bonds. The predicted octanol–water partition coefficient (Wildman–Crippen LogP) is 3.52. The molecule has 0 bridgehead atoms. The van der Waals surface area contributed by atoms with E-state index in [1.807, 2.05) is 0 Å². The highest BCUT2D eigenvalue weighted by Gasteiger charge is 2.13. The van der Waals surface area contributed by atoms with Gasteiger partial charge in [0, 0.05) is 13.0 Å². The van der Waals surface area contributed by atoms with Crippen molar-refractivity contribution in [3.8, 4) is 0 Å². The van der Waals surface area contributed by atoms with Gasteiger partial charge in [-0.2, -0.15) is 0 Å². The lowest BCUT2D eigenvalue weighted by Gasteiger charge is -2.22. The average Bonchev–Trinajstić information content (AvgIpc) is 2.86. The van der Waals surface area contributed by atoms with Gasteiger partial charge in [-0.1, -0.05) is 32.6 Å². The molecule has 0 spiro atoms. The van der Waals surface area contributed by atoms with Crippen molar-refractivity contribution in [3.63, 3.8) is 0 Å². The molecule has 0 radical (unpaired) electrons. The SMILES string of the molecule is CCCCCCCC(=O)OCCOCCOCCOCCOCCOCCOC1CCCCO1. The topological polar surface area (TPSA) is 90.9 Å². The van der Waals surface area contributed by atoms with E-state index in [1.165, 1.54) is 25.7 Å². The number of carbonyl (C=O) groups excluding carboxylic acids is 1. The molecule has 0 aromatic carbocycles. The second-order valence-electron chi connectivity index (χ2n) is 8.11. The zero-order valence-electron chi connectivity index (χ0n) is 21.3. The highest BCUT2D eigenvalue weighted by Crippen LogP contribution is 2.13. The summed E-state index contributed by atoms with van der Waals surface area (Å²) >= 11 is 0. The molecule has 0 saturated carbocycles. The first kappa shape index (κ1) is 31.2. The summed E-state index contributed by atoms with van der Waals surface area (Å²) in [5, 5.41) is 0. The lowest BCUT2D eigenvalue weighted by Crippen LogP contribution is -2.24. The van der Waals surface area contributed by atoms with Gasteiger partial charge < -0.3 is 37.9 Å². The molecule has 0 aromatic rings. The molecular weight excluding hydrogens is 444 g/mol. The predicted molar refractivity (Wildman–Crippen MR) is 128 cm³/mol. The summed E-state index contributed by atoms with van der Waals surface area (Å²) in [7, 11) is 0. The third-order valence-electron chi connectivity index (χ3n) is 5.13. The van der Waals surface area contributed by atoms with Crippen molar-refractivity contribution in [1.29, 1.82) is 0 Å². The van der Waals surface area contributed by atoms with E-state index in [0.29, 0.717) is 85.7 Å². The minimum absolute atomic E-state index is 0.0617. The Morgan fingerprint density at radius 3 is 1.74 bits per heavy atom.